The fourth-order valence-electron chi connectivity index (χ4n) is 3.04. The van der Waals surface area contributed by atoms with Crippen LogP contribution >= 0.6 is 11.6 Å². The lowest BCUT2D eigenvalue weighted by atomic mass is 10.0. The van der Waals surface area contributed by atoms with Gasteiger partial charge in [-0.25, -0.2) is 0 Å². The third kappa shape index (κ3) is 3.46. The van der Waals surface area contributed by atoms with Crippen molar-refractivity contribution in [3.05, 3.63) is 52.8 Å². The van der Waals surface area contributed by atoms with Crippen LogP contribution in [-0.2, 0) is 13.6 Å². The Balaban J connectivity index is 1.74. The lowest BCUT2D eigenvalue weighted by Gasteiger charge is -2.37. The van der Waals surface area contributed by atoms with Gasteiger partial charge in [0.1, 0.15) is 0 Å². The molecule has 5 heteroatoms. The van der Waals surface area contributed by atoms with Gasteiger partial charge in [0.15, 0.2) is 5.15 Å². The van der Waals surface area contributed by atoms with E-state index in [4.69, 9.17) is 11.6 Å². The molecule has 0 aliphatic carbocycles. The number of rotatable bonds is 3. The first-order valence-electron chi connectivity index (χ1n) is 7.33. The van der Waals surface area contributed by atoms with Crippen LogP contribution in [0.15, 0.2) is 36.5 Å². The molecule has 1 aromatic heterocycles. The molecular weight excluding hydrogens is 284 g/mol. The predicted molar refractivity (Wildman–Crippen MR) is 85.3 cm³/mol. The van der Waals surface area contributed by atoms with Gasteiger partial charge in [0.25, 0.3) is 0 Å². The molecule has 1 fully saturated rings. The van der Waals surface area contributed by atoms with Gasteiger partial charge in [-0.1, -0.05) is 41.9 Å². The Morgan fingerprint density at radius 1 is 1.29 bits per heavy atom. The van der Waals surface area contributed by atoms with E-state index < -0.39 is 0 Å². The van der Waals surface area contributed by atoms with Crippen LogP contribution in [0.2, 0.25) is 5.15 Å². The first kappa shape index (κ1) is 14.6. The van der Waals surface area contributed by atoms with Gasteiger partial charge >= 0.3 is 0 Å². The number of hydrogen-bond acceptors (Lipinski definition) is 3. The summed E-state index contributed by atoms with van der Waals surface area (Å²) in [5, 5.41) is 8.47. The van der Waals surface area contributed by atoms with Crippen LogP contribution < -0.4 is 5.32 Å². The van der Waals surface area contributed by atoms with E-state index in [0.29, 0.717) is 11.2 Å². The van der Waals surface area contributed by atoms with Gasteiger partial charge in [-0.2, -0.15) is 5.10 Å². The van der Waals surface area contributed by atoms with Crippen LogP contribution in [0.1, 0.15) is 24.1 Å². The van der Waals surface area contributed by atoms with Crippen LogP contribution in [0.5, 0.6) is 0 Å². The lowest BCUT2D eigenvalue weighted by Crippen LogP contribution is -2.50. The molecule has 0 spiro atoms. The summed E-state index contributed by atoms with van der Waals surface area (Å²) in [7, 11) is 1.91. The highest BCUT2D eigenvalue weighted by molar-refractivity contribution is 6.30. The van der Waals surface area contributed by atoms with Gasteiger partial charge in [0.05, 0.1) is 0 Å². The van der Waals surface area contributed by atoms with Gasteiger partial charge in [0, 0.05) is 50.5 Å². The van der Waals surface area contributed by atoms with E-state index in [9.17, 15) is 0 Å². The van der Waals surface area contributed by atoms with E-state index in [0.717, 1.165) is 25.2 Å². The smallest absolute Gasteiger partial charge is 0.155 e. The summed E-state index contributed by atoms with van der Waals surface area (Å²) in [6.07, 6.45) is 2.01. The number of aryl methyl sites for hydroxylation is 1. The fraction of sp³-hybridized carbons (Fsp3) is 0.438. The summed E-state index contributed by atoms with van der Waals surface area (Å²) in [6, 6.07) is 11.3. The maximum Gasteiger partial charge on any atom is 0.155 e. The molecular formula is C16H21ClN4. The van der Waals surface area contributed by atoms with Crippen molar-refractivity contribution in [1.82, 2.24) is 20.0 Å². The number of nitrogens with zero attached hydrogens (tertiary/aromatic N) is 3. The average Bonchev–Trinajstić information content (AvgIpc) is 2.78. The van der Waals surface area contributed by atoms with Gasteiger partial charge in [-0.3, -0.25) is 9.58 Å². The second-order valence-corrected chi connectivity index (χ2v) is 6.21. The van der Waals surface area contributed by atoms with E-state index in [1.165, 1.54) is 5.56 Å². The monoisotopic (exact) mass is 304 g/mol. The van der Waals surface area contributed by atoms with E-state index in [2.05, 4.69) is 52.6 Å². The van der Waals surface area contributed by atoms with Crippen LogP contribution in [-0.4, -0.2) is 33.8 Å². The molecule has 1 aliphatic heterocycles. The zero-order valence-corrected chi connectivity index (χ0v) is 13.2. The van der Waals surface area contributed by atoms with E-state index >= 15 is 0 Å². The molecule has 2 heterocycles. The highest BCUT2D eigenvalue weighted by Crippen LogP contribution is 2.25. The van der Waals surface area contributed by atoms with Crippen molar-refractivity contribution >= 4 is 11.6 Å². The number of nitrogens with one attached hydrogen (secondary N) is 1. The second-order valence-electron chi connectivity index (χ2n) is 5.85. The summed E-state index contributed by atoms with van der Waals surface area (Å²) in [6.45, 7) is 5.18. The van der Waals surface area contributed by atoms with Crippen molar-refractivity contribution in [2.45, 2.75) is 25.6 Å². The SMILES string of the molecule is C[C@H]1CN(Cc2ccccc2)CC(c2cn(C)nc2Cl)N1. The third-order valence-electron chi connectivity index (χ3n) is 3.89. The van der Waals surface area contributed by atoms with Crippen molar-refractivity contribution in [2.24, 2.45) is 7.05 Å². The molecule has 4 nitrogen and oxygen atoms in total. The molecule has 21 heavy (non-hydrogen) atoms. The molecule has 1 aromatic carbocycles. The Bertz CT molecular complexity index is 596. The molecule has 3 rings (SSSR count). The summed E-state index contributed by atoms with van der Waals surface area (Å²) in [4.78, 5) is 2.48. The molecule has 1 aliphatic rings. The first-order chi connectivity index (χ1) is 10.1. The Morgan fingerprint density at radius 3 is 2.71 bits per heavy atom. The molecule has 1 saturated heterocycles. The van der Waals surface area contributed by atoms with E-state index in [1.807, 2.05) is 13.2 Å². The molecule has 2 aromatic rings. The molecule has 112 valence electrons. The first-order valence-corrected chi connectivity index (χ1v) is 7.71. The molecule has 1 unspecified atom stereocenters. The summed E-state index contributed by atoms with van der Waals surface area (Å²) < 4.78 is 1.78. The zero-order valence-electron chi connectivity index (χ0n) is 12.5. The third-order valence-corrected chi connectivity index (χ3v) is 4.19. The van der Waals surface area contributed by atoms with Crippen molar-refractivity contribution in [3.63, 3.8) is 0 Å². The van der Waals surface area contributed by atoms with Crippen LogP contribution in [0, 0.1) is 0 Å². The Labute approximate surface area is 130 Å². The maximum atomic E-state index is 6.24. The summed E-state index contributed by atoms with van der Waals surface area (Å²) >= 11 is 6.24. The van der Waals surface area contributed by atoms with Crippen molar-refractivity contribution < 1.29 is 0 Å². The van der Waals surface area contributed by atoms with Gasteiger partial charge < -0.3 is 5.32 Å². The van der Waals surface area contributed by atoms with Crippen LogP contribution in [0.3, 0.4) is 0 Å². The van der Waals surface area contributed by atoms with Crippen LogP contribution in [0.4, 0.5) is 0 Å². The fourth-order valence-corrected chi connectivity index (χ4v) is 3.34. The van der Waals surface area contributed by atoms with E-state index in [-0.39, 0.29) is 6.04 Å². The topological polar surface area (TPSA) is 33.1 Å². The lowest BCUT2D eigenvalue weighted by molar-refractivity contribution is 0.160. The number of aromatic nitrogens is 2. The highest BCUT2D eigenvalue weighted by atomic mass is 35.5. The number of halogens is 1. The molecule has 0 amide bonds. The zero-order chi connectivity index (χ0) is 14.8. The van der Waals surface area contributed by atoms with Crippen molar-refractivity contribution in [3.8, 4) is 0 Å². The maximum absolute atomic E-state index is 6.24. The standard InChI is InChI=1S/C16H21ClN4/c1-12-8-21(9-13-6-4-3-5-7-13)11-15(18-12)14-10-20(2)19-16(14)17/h3-7,10,12,15,18H,8-9,11H2,1-2H3/t12-,15?/m0/s1. The largest absolute Gasteiger partial charge is 0.305 e. The van der Waals surface area contributed by atoms with Gasteiger partial charge in [-0.15, -0.1) is 0 Å². The highest BCUT2D eigenvalue weighted by Gasteiger charge is 2.27. The second kappa shape index (κ2) is 6.18. The quantitative estimate of drug-likeness (QED) is 0.946. The van der Waals surface area contributed by atoms with Crippen LogP contribution in [0.25, 0.3) is 0 Å². The number of hydrogen-bond donors (Lipinski definition) is 1. The minimum absolute atomic E-state index is 0.235. The minimum Gasteiger partial charge on any atom is -0.305 e. The Kier molecular flexibility index (Phi) is 4.29. The molecule has 0 radical (unpaired) electrons. The minimum atomic E-state index is 0.235. The number of benzene rings is 1. The van der Waals surface area contributed by atoms with Crippen molar-refractivity contribution in [2.75, 3.05) is 13.1 Å². The Morgan fingerprint density at radius 2 is 2.05 bits per heavy atom. The molecule has 2 atom stereocenters. The summed E-state index contributed by atoms with van der Waals surface area (Å²) in [5.74, 6) is 0. The molecule has 0 saturated carbocycles. The van der Waals surface area contributed by atoms with Gasteiger partial charge in [0.2, 0.25) is 0 Å². The Hall–Kier alpha value is -1.36. The summed E-state index contributed by atoms with van der Waals surface area (Å²) in [5.41, 5.74) is 2.44. The average molecular weight is 305 g/mol. The molecule has 0 bridgehead atoms. The van der Waals surface area contributed by atoms with Crippen molar-refractivity contribution in [1.29, 1.82) is 0 Å². The van der Waals surface area contributed by atoms with E-state index in [1.54, 1.807) is 4.68 Å². The van der Waals surface area contributed by atoms with Gasteiger partial charge in [-0.05, 0) is 12.5 Å². The normalized spacial score (nSPS) is 23.4. The predicted octanol–water partition coefficient (Wildman–Crippen LogP) is 2.61. The number of piperazine rings is 1. The molecule has 1 N–H and O–H groups in total.